The van der Waals surface area contributed by atoms with Gasteiger partial charge in [0.25, 0.3) is 5.91 Å². The van der Waals surface area contributed by atoms with Gasteiger partial charge in [-0.15, -0.1) is 6.58 Å². The lowest BCUT2D eigenvalue weighted by molar-refractivity contribution is 0.0997. The lowest BCUT2D eigenvalue weighted by Crippen LogP contribution is -2.16. The van der Waals surface area contributed by atoms with Crippen molar-refractivity contribution >= 4 is 27.5 Å². The standard InChI is InChI=1S/C22H24N2O4S/c1-7-8-24-16-9-13(2)14(3)10-19(16)29-22(24)23-21(25)15-11-17(26-4)20(28-6)18(12-15)27-5/h7,9-12H,1,8H2,2-6H3. The number of benzene rings is 2. The van der Waals surface area contributed by atoms with Gasteiger partial charge < -0.3 is 18.8 Å². The molecule has 0 N–H and O–H groups in total. The van der Waals surface area contributed by atoms with Gasteiger partial charge in [0.15, 0.2) is 16.3 Å². The molecule has 3 rings (SSSR count). The van der Waals surface area contributed by atoms with Crippen LogP contribution in [0, 0.1) is 13.8 Å². The summed E-state index contributed by atoms with van der Waals surface area (Å²) in [6, 6.07) is 7.45. The van der Waals surface area contributed by atoms with E-state index in [9.17, 15) is 4.79 Å². The van der Waals surface area contributed by atoms with Crippen LogP contribution >= 0.6 is 11.3 Å². The van der Waals surface area contributed by atoms with Crippen LogP contribution in [0.15, 0.2) is 41.9 Å². The molecule has 0 radical (unpaired) electrons. The average Bonchev–Trinajstić information content (AvgIpc) is 3.03. The van der Waals surface area contributed by atoms with E-state index >= 15 is 0 Å². The van der Waals surface area contributed by atoms with Crippen molar-refractivity contribution in [3.05, 3.63) is 58.4 Å². The molecule has 3 aromatic rings. The van der Waals surface area contributed by atoms with Crippen LogP contribution in [0.4, 0.5) is 0 Å². The molecule has 1 amide bonds. The third-order valence-corrected chi connectivity index (χ3v) is 5.76. The third-order valence-electron chi connectivity index (χ3n) is 4.72. The zero-order valence-corrected chi connectivity index (χ0v) is 18.1. The van der Waals surface area contributed by atoms with E-state index in [4.69, 9.17) is 14.2 Å². The molecule has 7 heteroatoms. The molecule has 0 saturated carbocycles. The van der Waals surface area contributed by atoms with E-state index in [0.29, 0.717) is 34.2 Å². The van der Waals surface area contributed by atoms with Crippen molar-refractivity contribution in [2.45, 2.75) is 20.4 Å². The van der Waals surface area contributed by atoms with Gasteiger partial charge in [-0.3, -0.25) is 4.79 Å². The van der Waals surface area contributed by atoms with Crippen molar-refractivity contribution in [1.29, 1.82) is 0 Å². The molecule has 0 saturated heterocycles. The number of carbonyl (C=O) groups excluding carboxylic acids is 1. The molecule has 1 aromatic heterocycles. The summed E-state index contributed by atoms with van der Waals surface area (Å²) < 4.78 is 19.1. The maximum Gasteiger partial charge on any atom is 0.279 e. The Balaban J connectivity index is 2.17. The Morgan fingerprint density at radius 3 is 2.24 bits per heavy atom. The van der Waals surface area contributed by atoms with Crippen LogP contribution in [0.2, 0.25) is 0 Å². The van der Waals surface area contributed by atoms with Crippen LogP contribution in [-0.2, 0) is 6.54 Å². The molecule has 0 unspecified atom stereocenters. The Morgan fingerprint density at radius 2 is 1.69 bits per heavy atom. The minimum Gasteiger partial charge on any atom is -0.493 e. The predicted octanol–water partition coefficient (Wildman–Crippen LogP) is 4.27. The van der Waals surface area contributed by atoms with E-state index in [2.05, 4.69) is 37.6 Å². The summed E-state index contributed by atoms with van der Waals surface area (Å²) in [7, 11) is 4.54. The maximum atomic E-state index is 13.0. The number of aromatic nitrogens is 1. The Labute approximate surface area is 173 Å². The molecule has 0 aliphatic heterocycles. The van der Waals surface area contributed by atoms with Crippen molar-refractivity contribution in [3.63, 3.8) is 0 Å². The summed E-state index contributed by atoms with van der Waals surface area (Å²) in [4.78, 5) is 18.0. The second-order valence-electron chi connectivity index (χ2n) is 6.52. The first-order valence-corrected chi connectivity index (χ1v) is 9.85. The number of rotatable bonds is 6. The lowest BCUT2D eigenvalue weighted by Gasteiger charge is -2.12. The monoisotopic (exact) mass is 412 g/mol. The van der Waals surface area contributed by atoms with E-state index in [1.807, 2.05) is 4.57 Å². The summed E-state index contributed by atoms with van der Waals surface area (Å²) in [5.41, 5.74) is 3.78. The number of nitrogens with zero attached hydrogens (tertiary/aromatic N) is 2. The number of aryl methyl sites for hydroxylation is 2. The van der Waals surface area contributed by atoms with Gasteiger partial charge in [0.2, 0.25) is 5.75 Å². The van der Waals surface area contributed by atoms with E-state index in [0.717, 1.165) is 10.2 Å². The second-order valence-corrected chi connectivity index (χ2v) is 7.53. The highest BCUT2D eigenvalue weighted by Gasteiger charge is 2.17. The van der Waals surface area contributed by atoms with E-state index in [-0.39, 0.29) is 5.91 Å². The van der Waals surface area contributed by atoms with Crippen LogP contribution < -0.4 is 19.0 Å². The summed E-state index contributed by atoms with van der Waals surface area (Å²) >= 11 is 1.48. The number of fused-ring (bicyclic) bond motifs is 1. The smallest absolute Gasteiger partial charge is 0.279 e. The van der Waals surface area contributed by atoms with Crippen molar-refractivity contribution in [2.24, 2.45) is 4.99 Å². The van der Waals surface area contributed by atoms with Gasteiger partial charge in [-0.1, -0.05) is 17.4 Å². The van der Waals surface area contributed by atoms with Gasteiger partial charge in [-0.05, 0) is 49.2 Å². The van der Waals surface area contributed by atoms with Crippen LogP contribution in [0.3, 0.4) is 0 Å². The molecule has 0 spiro atoms. The normalized spacial score (nSPS) is 11.6. The first-order chi connectivity index (χ1) is 13.9. The SMILES string of the molecule is C=CCn1c(=NC(=O)c2cc(OC)c(OC)c(OC)c2)sc2cc(C)c(C)cc21. The molecule has 0 fully saturated rings. The van der Waals surface area contributed by atoms with Gasteiger partial charge in [-0.25, -0.2) is 0 Å². The molecule has 1 heterocycles. The summed E-state index contributed by atoms with van der Waals surface area (Å²) in [6.45, 7) is 8.54. The van der Waals surface area contributed by atoms with Gasteiger partial charge in [0.05, 0.1) is 31.5 Å². The van der Waals surface area contributed by atoms with Crippen molar-refractivity contribution in [2.75, 3.05) is 21.3 Å². The highest BCUT2D eigenvalue weighted by molar-refractivity contribution is 7.16. The Kier molecular flexibility index (Phi) is 6.08. The molecule has 6 nitrogen and oxygen atoms in total. The largest absolute Gasteiger partial charge is 0.493 e. The molecule has 152 valence electrons. The number of hydrogen-bond donors (Lipinski definition) is 0. The maximum absolute atomic E-state index is 13.0. The van der Waals surface area contributed by atoms with Gasteiger partial charge in [0, 0.05) is 12.1 Å². The minimum atomic E-state index is -0.387. The Hall–Kier alpha value is -3.06. The number of carbonyl (C=O) groups is 1. The lowest BCUT2D eigenvalue weighted by atomic mass is 10.1. The molecule has 0 aliphatic rings. The fourth-order valence-corrected chi connectivity index (χ4v) is 4.19. The van der Waals surface area contributed by atoms with E-state index < -0.39 is 0 Å². The number of thiazole rings is 1. The highest BCUT2D eigenvalue weighted by Crippen LogP contribution is 2.38. The molecular formula is C22H24N2O4S. The van der Waals surface area contributed by atoms with Gasteiger partial charge in [-0.2, -0.15) is 4.99 Å². The fourth-order valence-electron chi connectivity index (χ4n) is 3.07. The number of allylic oxidation sites excluding steroid dienone is 1. The van der Waals surface area contributed by atoms with E-state index in [1.54, 1.807) is 18.2 Å². The zero-order chi connectivity index (χ0) is 21.1. The zero-order valence-electron chi connectivity index (χ0n) is 17.2. The highest BCUT2D eigenvalue weighted by atomic mass is 32.1. The van der Waals surface area contributed by atoms with Crippen LogP contribution in [0.1, 0.15) is 21.5 Å². The van der Waals surface area contributed by atoms with Gasteiger partial charge >= 0.3 is 0 Å². The molecule has 0 bridgehead atoms. The Morgan fingerprint density at radius 1 is 1.07 bits per heavy atom. The van der Waals surface area contributed by atoms with Crippen LogP contribution in [0.25, 0.3) is 10.2 Å². The number of ether oxygens (including phenoxy) is 3. The molecule has 0 atom stereocenters. The first kappa shape index (κ1) is 20.7. The topological polar surface area (TPSA) is 62.1 Å². The number of hydrogen-bond acceptors (Lipinski definition) is 5. The quantitative estimate of drug-likeness (QED) is 0.567. The minimum absolute atomic E-state index is 0.356. The summed E-state index contributed by atoms with van der Waals surface area (Å²) in [5.74, 6) is 0.863. The van der Waals surface area contributed by atoms with Crippen LogP contribution in [-0.4, -0.2) is 31.8 Å². The molecule has 0 aliphatic carbocycles. The fraction of sp³-hybridized carbons (Fsp3) is 0.273. The van der Waals surface area contributed by atoms with Crippen molar-refractivity contribution in [1.82, 2.24) is 4.57 Å². The Bertz CT molecular complexity index is 1130. The first-order valence-electron chi connectivity index (χ1n) is 9.04. The third kappa shape index (κ3) is 3.91. The molecular weight excluding hydrogens is 388 g/mol. The molecule has 29 heavy (non-hydrogen) atoms. The second kappa shape index (κ2) is 8.53. The number of methoxy groups -OCH3 is 3. The molecule has 2 aromatic carbocycles. The van der Waals surface area contributed by atoms with Crippen molar-refractivity contribution < 1.29 is 19.0 Å². The van der Waals surface area contributed by atoms with Gasteiger partial charge in [0.1, 0.15) is 0 Å². The van der Waals surface area contributed by atoms with E-state index in [1.165, 1.54) is 43.8 Å². The average molecular weight is 413 g/mol. The predicted molar refractivity (Wildman–Crippen MR) is 115 cm³/mol. The van der Waals surface area contributed by atoms with Crippen LogP contribution in [0.5, 0.6) is 17.2 Å². The summed E-state index contributed by atoms with van der Waals surface area (Å²) in [5, 5.41) is 0. The summed E-state index contributed by atoms with van der Waals surface area (Å²) in [6.07, 6.45) is 1.80. The van der Waals surface area contributed by atoms with Crippen molar-refractivity contribution in [3.8, 4) is 17.2 Å². The number of amides is 1.